The standard InChI is InChI=1S/C20H16N4O2/c1-24-17-6-3-2-5-14(17)13-18(24)19(25)23-15-7-9-16(10-8-15)26-20-21-11-4-12-22-20/h2-13H,1H3,(H,23,25). The highest BCUT2D eigenvalue weighted by atomic mass is 16.5. The van der Waals surface area contributed by atoms with E-state index < -0.39 is 0 Å². The summed E-state index contributed by atoms with van der Waals surface area (Å²) in [6.45, 7) is 0. The van der Waals surface area contributed by atoms with Gasteiger partial charge in [0, 0.05) is 36.0 Å². The molecule has 0 unspecified atom stereocenters. The van der Waals surface area contributed by atoms with Gasteiger partial charge in [-0.1, -0.05) is 18.2 Å². The van der Waals surface area contributed by atoms with Crippen molar-refractivity contribution in [3.63, 3.8) is 0 Å². The zero-order chi connectivity index (χ0) is 17.9. The van der Waals surface area contributed by atoms with Gasteiger partial charge in [0.2, 0.25) is 0 Å². The molecular weight excluding hydrogens is 328 g/mol. The molecule has 26 heavy (non-hydrogen) atoms. The molecule has 1 N–H and O–H groups in total. The van der Waals surface area contributed by atoms with E-state index in [4.69, 9.17) is 4.74 Å². The van der Waals surface area contributed by atoms with Crippen LogP contribution in [-0.2, 0) is 7.05 Å². The normalized spacial score (nSPS) is 10.7. The molecule has 0 saturated carbocycles. The summed E-state index contributed by atoms with van der Waals surface area (Å²) >= 11 is 0. The first-order valence-electron chi connectivity index (χ1n) is 8.11. The molecule has 0 aliphatic rings. The lowest BCUT2D eigenvalue weighted by atomic mass is 10.2. The molecule has 0 saturated heterocycles. The van der Waals surface area contributed by atoms with E-state index in [1.54, 1.807) is 42.7 Å². The quantitative estimate of drug-likeness (QED) is 0.607. The molecule has 4 rings (SSSR count). The van der Waals surface area contributed by atoms with Crippen molar-refractivity contribution >= 4 is 22.5 Å². The van der Waals surface area contributed by atoms with Crippen LogP contribution in [0.2, 0.25) is 0 Å². The predicted molar refractivity (Wildman–Crippen MR) is 99.4 cm³/mol. The number of nitrogens with zero attached hydrogens (tertiary/aromatic N) is 3. The Morgan fingerprint density at radius 3 is 2.46 bits per heavy atom. The van der Waals surface area contributed by atoms with Gasteiger partial charge in [-0.3, -0.25) is 4.79 Å². The van der Waals surface area contributed by atoms with Gasteiger partial charge in [0.25, 0.3) is 5.91 Å². The Hall–Kier alpha value is -3.67. The second-order valence-corrected chi connectivity index (χ2v) is 5.76. The number of rotatable bonds is 4. The van der Waals surface area contributed by atoms with Crippen molar-refractivity contribution in [1.82, 2.24) is 14.5 Å². The summed E-state index contributed by atoms with van der Waals surface area (Å²) in [6, 6.07) is 18.8. The van der Waals surface area contributed by atoms with E-state index in [0.717, 1.165) is 10.9 Å². The zero-order valence-electron chi connectivity index (χ0n) is 14.1. The molecule has 6 nitrogen and oxygen atoms in total. The predicted octanol–water partition coefficient (Wildman–Crippen LogP) is 4.01. The first-order chi connectivity index (χ1) is 12.7. The number of para-hydroxylation sites is 1. The second kappa shape index (κ2) is 6.68. The smallest absolute Gasteiger partial charge is 0.321 e. The maximum Gasteiger partial charge on any atom is 0.321 e. The van der Waals surface area contributed by atoms with Gasteiger partial charge in [-0.25, -0.2) is 9.97 Å². The van der Waals surface area contributed by atoms with E-state index in [1.165, 1.54) is 0 Å². The van der Waals surface area contributed by atoms with Crippen LogP contribution in [0, 0.1) is 0 Å². The molecule has 0 aliphatic carbocycles. The highest BCUT2D eigenvalue weighted by molar-refractivity contribution is 6.06. The van der Waals surface area contributed by atoms with Gasteiger partial charge in [0.15, 0.2) is 0 Å². The zero-order valence-corrected chi connectivity index (χ0v) is 14.1. The fourth-order valence-electron chi connectivity index (χ4n) is 2.75. The van der Waals surface area contributed by atoms with Gasteiger partial charge in [-0.15, -0.1) is 0 Å². The summed E-state index contributed by atoms with van der Waals surface area (Å²) in [5.74, 6) is 0.433. The average molecular weight is 344 g/mol. The summed E-state index contributed by atoms with van der Waals surface area (Å²) in [4.78, 5) is 20.6. The minimum atomic E-state index is -0.163. The number of anilines is 1. The maximum absolute atomic E-state index is 12.6. The van der Waals surface area contributed by atoms with Gasteiger partial charge in [0.1, 0.15) is 11.4 Å². The molecule has 0 spiro atoms. The molecule has 0 fully saturated rings. The fraction of sp³-hybridized carbons (Fsp3) is 0.0500. The van der Waals surface area contributed by atoms with Gasteiger partial charge in [0.05, 0.1) is 0 Å². The number of aromatic nitrogens is 3. The molecule has 4 aromatic rings. The molecular formula is C20H16N4O2. The maximum atomic E-state index is 12.6. The van der Waals surface area contributed by atoms with Crippen molar-refractivity contribution in [2.75, 3.05) is 5.32 Å². The Kier molecular flexibility index (Phi) is 4.07. The third-order valence-corrected chi connectivity index (χ3v) is 4.05. The Bertz CT molecular complexity index is 1060. The number of nitrogens with one attached hydrogen (secondary N) is 1. The monoisotopic (exact) mass is 344 g/mol. The third-order valence-electron chi connectivity index (χ3n) is 4.05. The summed E-state index contributed by atoms with van der Waals surface area (Å²) in [7, 11) is 1.88. The Morgan fingerprint density at radius 2 is 1.73 bits per heavy atom. The van der Waals surface area contributed by atoms with Crippen molar-refractivity contribution in [2.45, 2.75) is 0 Å². The van der Waals surface area contributed by atoms with Crippen molar-refractivity contribution in [1.29, 1.82) is 0 Å². The molecule has 0 radical (unpaired) electrons. The van der Waals surface area contributed by atoms with E-state index in [2.05, 4.69) is 15.3 Å². The van der Waals surface area contributed by atoms with Gasteiger partial charge in [-0.05, 0) is 42.5 Å². The van der Waals surface area contributed by atoms with Crippen LogP contribution in [0.4, 0.5) is 5.69 Å². The second-order valence-electron chi connectivity index (χ2n) is 5.76. The van der Waals surface area contributed by atoms with E-state index in [0.29, 0.717) is 17.1 Å². The van der Waals surface area contributed by atoms with Crippen LogP contribution in [0.15, 0.2) is 73.1 Å². The molecule has 6 heteroatoms. The van der Waals surface area contributed by atoms with E-state index in [1.807, 2.05) is 41.9 Å². The van der Waals surface area contributed by atoms with Crippen LogP contribution in [0.5, 0.6) is 11.8 Å². The topological polar surface area (TPSA) is 69.0 Å². The summed E-state index contributed by atoms with van der Waals surface area (Å²) in [5, 5.41) is 3.94. The number of amides is 1. The van der Waals surface area contributed by atoms with Crippen LogP contribution in [0.3, 0.4) is 0 Å². The number of fused-ring (bicyclic) bond motifs is 1. The number of carbonyl (C=O) groups is 1. The van der Waals surface area contributed by atoms with Crippen molar-refractivity contribution in [3.8, 4) is 11.8 Å². The average Bonchev–Trinajstić information content (AvgIpc) is 3.01. The number of carbonyl (C=O) groups excluding carboxylic acids is 1. The largest absolute Gasteiger partial charge is 0.424 e. The van der Waals surface area contributed by atoms with Gasteiger partial charge >= 0.3 is 6.01 Å². The lowest BCUT2D eigenvalue weighted by Crippen LogP contribution is -2.15. The summed E-state index contributed by atoms with van der Waals surface area (Å²) < 4.78 is 7.43. The van der Waals surface area contributed by atoms with Crippen LogP contribution in [-0.4, -0.2) is 20.4 Å². The minimum Gasteiger partial charge on any atom is -0.424 e. The van der Waals surface area contributed by atoms with Gasteiger partial charge in [-0.2, -0.15) is 0 Å². The van der Waals surface area contributed by atoms with E-state index >= 15 is 0 Å². The Labute approximate surface area is 150 Å². The number of aryl methyl sites for hydroxylation is 1. The van der Waals surface area contributed by atoms with Crippen molar-refractivity contribution in [3.05, 3.63) is 78.8 Å². The van der Waals surface area contributed by atoms with Crippen molar-refractivity contribution in [2.24, 2.45) is 7.05 Å². The van der Waals surface area contributed by atoms with Crippen LogP contribution >= 0.6 is 0 Å². The minimum absolute atomic E-state index is 0.163. The Balaban J connectivity index is 1.49. The molecule has 128 valence electrons. The van der Waals surface area contributed by atoms with Crippen molar-refractivity contribution < 1.29 is 9.53 Å². The lowest BCUT2D eigenvalue weighted by molar-refractivity contribution is 0.101. The highest BCUT2D eigenvalue weighted by Gasteiger charge is 2.13. The fourth-order valence-corrected chi connectivity index (χ4v) is 2.75. The molecule has 2 heterocycles. The lowest BCUT2D eigenvalue weighted by Gasteiger charge is -2.08. The Morgan fingerprint density at radius 1 is 1.00 bits per heavy atom. The van der Waals surface area contributed by atoms with Crippen LogP contribution in [0.1, 0.15) is 10.5 Å². The van der Waals surface area contributed by atoms with Crippen LogP contribution in [0.25, 0.3) is 10.9 Å². The van der Waals surface area contributed by atoms with Crippen LogP contribution < -0.4 is 10.1 Å². The first-order valence-corrected chi connectivity index (χ1v) is 8.11. The summed E-state index contributed by atoms with van der Waals surface area (Å²) in [6.07, 6.45) is 3.22. The number of benzene rings is 2. The summed E-state index contributed by atoms with van der Waals surface area (Å²) in [5.41, 5.74) is 2.30. The molecule has 0 aliphatic heterocycles. The van der Waals surface area contributed by atoms with Gasteiger partial charge < -0.3 is 14.6 Å². The molecule has 0 atom stereocenters. The number of hydrogen-bond acceptors (Lipinski definition) is 4. The third kappa shape index (κ3) is 3.12. The molecule has 2 aromatic heterocycles. The molecule has 2 aromatic carbocycles. The number of hydrogen-bond donors (Lipinski definition) is 1. The SMILES string of the molecule is Cn1c(C(=O)Nc2ccc(Oc3ncccn3)cc2)cc2ccccc21. The number of ether oxygens (including phenoxy) is 1. The molecule has 1 amide bonds. The molecule has 0 bridgehead atoms. The van der Waals surface area contributed by atoms with E-state index in [9.17, 15) is 4.79 Å². The first kappa shape index (κ1) is 15.8. The van der Waals surface area contributed by atoms with E-state index in [-0.39, 0.29) is 11.9 Å². The highest BCUT2D eigenvalue weighted by Crippen LogP contribution is 2.22.